The Morgan fingerprint density at radius 2 is 1.77 bits per heavy atom. The first-order valence-corrected chi connectivity index (χ1v) is 12.0. The van der Waals surface area contributed by atoms with Crippen molar-refractivity contribution >= 4 is 21.7 Å². The fraction of sp³-hybridized carbons (Fsp3) is 0.591. The third kappa shape index (κ3) is 7.64. The number of piperidine rings is 1. The third-order valence-electron chi connectivity index (χ3n) is 4.86. The van der Waals surface area contributed by atoms with Gasteiger partial charge in [-0.15, -0.1) is 0 Å². The highest BCUT2D eigenvalue weighted by Crippen LogP contribution is 2.23. The average Bonchev–Trinajstić information content (AvgIpc) is 2.69. The number of rotatable bonds is 7. The summed E-state index contributed by atoms with van der Waals surface area (Å²) < 4.78 is 32.7. The molecule has 2 rings (SSSR count). The smallest absolute Gasteiger partial charge is 0.310 e. The van der Waals surface area contributed by atoms with Crippen LogP contribution in [-0.2, 0) is 19.6 Å². The molecular weight excluding hydrogens is 418 g/mol. The number of hydrogen-bond donors (Lipinski definition) is 0. The van der Waals surface area contributed by atoms with Crippen molar-refractivity contribution < 1.29 is 22.8 Å². The van der Waals surface area contributed by atoms with E-state index < -0.39 is 27.5 Å². The van der Waals surface area contributed by atoms with Crippen molar-refractivity contribution in [3.63, 3.8) is 0 Å². The SMILES string of the molecule is CC(C)C(CS(=O)(=O)N1CCC(=NOc2ccc(C#N)cc2)CC1)C(=O)OC(C)(C)C. The second-order valence-electron chi connectivity index (χ2n) is 8.95. The minimum Gasteiger partial charge on any atom is -0.460 e. The van der Waals surface area contributed by atoms with Crippen LogP contribution in [0.3, 0.4) is 0 Å². The molecule has 0 aromatic heterocycles. The monoisotopic (exact) mass is 449 g/mol. The summed E-state index contributed by atoms with van der Waals surface area (Å²) in [6.45, 7) is 9.53. The zero-order chi connectivity index (χ0) is 23.2. The van der Waals surface area contributed by atoms with Crippen molar-refractivity contribution in [2.45, 2.75) is 53.1 Å². The summed E-state index contributed by atoms with van der Waals surface area (Å²) in [5.74, 6) is -1.13. The second kappa shape index (κ2) is 10.2. The molecule has 1 aromatic rings. The molecule has 1 fully saturated rings. The van der Waals surface area contributed by atoms with Gasteiger partial charge in [0.1, 0.15) is 5.60 Å². The van der Waals surface area contributed by atoms with Gasteiger partial charge in [0.2, 0.25) is 10.0 Å². The number of benzene rings is 1. The van der Waals surface area contributed by atoms with Crippen LogP contribution in [0.4, 0.5) is 0 Å². The lowest BCUT2D eigenvalue weighted by Gasteiger charge is -2.30. The van der Waals surface area contributed by atoms with Crippen LogP contribution in [0.25, 0.3) is 0 Å². The maximum atomic E-state index is 12.9. The van der Waals surface area contributed by atoms with Crippen LogP contribution in [0.1, 0.15) is 53.0 Å². The summed E-state index contributed by atoms with van der Waals surface area (Å²) in [6, 6.07) is 8.63. The van der Waals surface area contributed by atoms with Crippen LogP contribution in [0.2, 0.25) is 0 Å². The van der Waals surface area contributed by atoms with Gasteiger partial charge < -0.3 is 9.57 Å². The number of carbonyl (C=O) groups excluding carboxylic acids is 1. The molecular formula is C22H31N3O5S. The molecule has 0 saturated carbocycles. The minimum absolute atomic E-state index is 0.160. The van der Waals surface area contributed by atoms with Gasteiger partial charge in [-0.2, -0.15) is 5.26 Å². The highest BCUT2D eigenvalue weighted by atomic mass is 32.2. The number of ether oxygens (including phenoxy) is 1. The molecule has 0 radical (unpaired) electrons. The Morgan fingerprint density at radius 3 is 2.26 bits per heavy atom. The van der Waals surface area contributed by atoms with E-state index in [1.54, 1.807) is 45.0 Å². The van der Waals surface area contributed by atoms with Crippen LogP contribution in [0.5, 0.6) is 5.75 Å². The number of oxime groups is 1. The first-order valence-electron chi connectivity index (χ1n) is 10.3. The van der Waals surface area contributed by atoms with Gasteiger partial charge in [0.15, 0.2) is 5.75 Å². The summed E-state index contributed by atoms with van der Waals surface area (Å²) in [5, 5.41) is 12.9. The standard InChI is InChI=1S/C22H31N3O5S/c1-16(2)20(21(26)29-22(3,4)5)15-31(27,28)25-12-10-18(11-13-25)24-30-19-8-6-17(14-23)7-9-19/h6-9,16,20H,10-13,15H2,1-5H3. The molecule has 31 heavy (non-hydrogen) atoms. The summed E-state index contributed by atoms with van der Waals surface area (Å²) in [4.78, 5) is 17.9. The van der Waals surface area contributed by atoms with Crippen LogP contribution >= 0.6 is 0 Å². The van der Waals surface area contributed by atoms with Gasteiger partial charge in [0.25, 0.3) is 0 Å². The number of esters is 1. The number of nitriles is 1. The maximum Gasteiger partial charge on any atom is 0.310 e. The van der Waals surface area contributed by atoms with E-state index in [0.717, 1.165) is 5.71 Å². The van der Waals surface area contributed by atoms with E-state index >= 15 is 0 Å². The molecule has 0 N–H and O–H groups in total. The van der Waals surface area contributed by atoms with Crippen molar-refractivity contribution in [1.29, 1.82) is 5.26 Å². The Labute approximate surface area is 184 Å². The Kier molecular flexibility index (Phi) is 8.21. The molecule has 1 aliphatic rings. The van der Waals surface area contributed by atoms with E-state index in [-0.39, 0.29) is 24.8 Å². The zero-order valence-electron chi connectivity index (χ0n) is 18.8. The Bertz CT molecular complexity index is 931. The van der Waals surface area contributed by atoms with E-state index in [2.05, 4.69) is 5.16 Å². The van der Waals surface area contributed by atoms with Gasteiger partial charge in [-0.05, 0) is 51.0 Å². The molecule has 1 saturated heterocycles. The quantitative estimate of drug-likeness (QED) is 0.466. The summed E-state index contributed by atoms with van der Waals surface area (Å²) in [5.41, 5.74) is 0.632. The molecule has 0 aliphatic carbocycles. The molecule has 1 atom stereocenters. The second-order valence-corrected chi connectivity index (χ2v) is 11.0. The van der Waals surface area contributed by atoms with Gasteiger partial charge in [-0.25, -0.2) is 12.7 Å². The summed E-state index contributed by atoms with van der Waals surface area (Å²) in [6.07, 6.45) is 0.905. The highest BCUT2D eigenvalue weighted by molar-refractivity contribution is 7.89. The topological polar surface area (TPSA) is 109 Å². The van der Waals surface area contributed by atoms with E-state index in [1.165, 1.54) is 4.31 Å². The number of carbonyl (C=O) groups is 1. The molecule has 1 aliphatic heterocycles. The van der Waals surface area contributed by atoms with Gasteiger partial charge in [0, 0.05) is 25.9 Å². The number of sulfonamides is 1. The average molecular weight is 450 g/mol. The first kappa shape index (κ1) is 24.8. The van der Waals surface area contributed by atoms with Crippen molar-refractivity contribution in [1.82, 2.24) is 4.31 Å². The minimum atomic E-state index is -3.62. The van der Waals surface area contributed by atoms with E-state index in [9.17, 15) is 13.2 Å². The first-order chi connectivity index (χ1) is 14.4. The predicted molar refractivity (Wildman–Crippen MR) is 118 cm³/mol. The Morgan fingerprint density at radius 1 is 1.19 bits per heavy atom. The molecule has 170 valence electrons. The van der Waals surface area contributed by atoms with Gasteiger partial charge >= 0.3 is 5.97 Å². The van der Waals surface area contributed by atoms with Crippen molar-refractivity contribution in [3.8, 4) is 11.8 Å². The normalized spacial score (nSPS) is 16.5. The largest absolute Gasteiger partial charge is 0.460 e. The fourth-order valence-electron chi connectivity index (χ4n) is 3.06. The van der Waals surface area contributed by atoms with Crippen molar-refractivity contribution in [2.24, 2.45) is 17.0 Å². The lowest BCUT2D eigenvalue weighted by atomic mass is 9.98. The molecule has 1 heterocycles. The Hall–Kier alpha value is -2.44. The molecule has 1 unspecified atom stereocenters. The lowest BCUT2D eigenvalue weighted by molar-refractivity contribution is -0.160. The van der Waals surface area contributed by atoms with Crippen molar-refractivity contribution in [2.75, 3.05) is 18.8 Å². The molecule has 9 heteroatoms. The van der Waals surface area contributed by atoms with Crippen LogP contribution in [0, 0.1) is 23.2 Å². The van der Waals surface area contributed by atoms with Gasteiger partial charge in [-0.1, -0.05) is 19.0 Å². The predicted octanol–water partition coefficient (Wildman–Crippen LogP) is 3.33. The molecule has 1 aromatic carbocycles. The molecule has 0 bridgehead atoms. The van der Waals surface area contributed by atoms with Gasteiger partial charge in [0.05, 0.1) is 29.0 Å². The van der Waals surface area contributed by atoms with Crippen LogP contribution in [-0.4, -0.2) is 48.8 Å². The number of nitrogens with zero attached hydrogens (tertiary/aromatic N) is 3. The summed E-state index contributed by atoms with van der Waals surface area (Å²) in [7, 11) is -3.62. The van der Waals surface area contributed by atoms with Crippen molar-refractivity contribution in [3.05, 3.63) is 29.8 Å². The van der Waals surface area contributed by atoms with Gasteiger partial charge in [-0.3, -0.25) is 4.79 Å². The molecule has 0 amide bonds. The Balaban J connectivity index is 1.96. The van der Waals surface area contributed by atoms with Crippen LogP contribution in [0.15, 0.2) is 29.4 Å². The number of hydrogen-bond acceptors (Lipinski definition) is 7. The fourth-order valence-corrected chi connectivity index (χ4v) is 4.99. The van der Waals surface area contributed by atoms with E-state index in [0.29, 0.717) is 24.2 Å². The van der Waals surface area contributed by atoms with Crippen LogP contribution < -0.4 is 4.84 Å². The van der Waals surface area contributed by atoms with E-state index in [1.807, 2.05) is 19.9 Å². The molecule has 0 spiro atoms. The van der Waals surface area contributed by atoms with E-state index in [4.69, 9.17) is 14.8 Å². The lowest BCUT2D eigenvalue weighted by Crippen LogP contribution is -2.44. The zero-order valence-corrected chi connectivity index (χ0v) is 19.6. The summed E-state index contributed by atoms with van der Waals surface area (Å²) >= 11 is 0. The third-order valence-corrected chi connectivity index (χ3v) is 6.79. The maximum absolute atomic E-state index is 12.9. The molecule has 8 nitrogen and oxygen atoms in total. The highest BCUT2D eigenvalue weighted by Gasteiger charge is 2.35.